The van der Waals surface area contributed by atoms with Crippen molar-refractivity contribution in [2.24, 2.45) is 0 Å². The van der Waals surface area contributed by atoms with Crippen molar-refractivity contribution in [3.63, 3.8) is 0 Å². The van der Waals surface area contributed by atoms with Gasteiger partial charge in [0, 0.05) is 11.1 Å². The van der Waals surface area contributed by atoms with Crippen molar-refractivity contribution in [2.45, 2.75) is 13.0 Å². The summed E-state index contributed by atoms with van der Waals surface area (Å²) in [6.45, 7) is 1.92. The molecular formula is C30H21NO5. The van der Waals surface area contributed by atoms with Crippen LogP contribution in [0.1, 0.15) is 58.7 Å². The second-order valence-corrected chi connectivity index (χ2v) is 8.43. The summed E-state index contributed by atoms with van der Waals surface area (Å²) in [5, 5.41) is 0. The van der Waals surface area contributed by atoms with Crippen LogP contribution < -0.4 is 4.90 Å². The van der Waals surface area contributed by atoms with Crippen LogP contribution in [-0.2, 0) is 4.74 Å². The van der Waals surface area contributed by atoms with Crippen LogP contribution >= 0.6 is 0 Å². The van der Waals surface area contributed by atoms with E-state index in [4.69, 9.17) is 4.74 Å². The number of ether oxygens (including phenoxy) is 1. The van der Waals surface area contributed by atoms with E-state index < -0.39 is 23.9 Å². The van der Waals surface area contributed by atoms with Gasteiger partial charge in [-0.2, -0.15) is 0 Å². The fourth-order valence-electron chi connectivity index (χ4n) is 4.19. The molecular weight excluding hydrogens is 454 g/mol. The molecule has 0 N–H and O–H groups in total. The van der Waals surface area contributed by atoms with Crippen molar-refractivity contribution in [1.82, 2.24) is 0 Å². The Kier molecular flexibility index (Phi) is 6.00. The zero-order chi connectivity index (χ0) is 25.2. The predicted molar refractivity (Wildman–Crippen MR) is 134 cm³/mol. The fourth-order valence-corrected chi connectivity index (χ4v) is 4.19. The Morgan fingerprint density at radius 1 is 0.694 bits per heavy atom. The Morgan fingerprint density at radius 3 is 1.89 bits per heavy atom. The van der Waals surface area contributed by atoms with Crippen molar-refractivity contribution in [2.75, 3.05) is 4.90 Å². The Bertz CT molecular complexity index is 1460. The van der Waals surface area contributed by atoms with Gasteiger partial charge in [-0.15, -0.1) is 0 Å². The largest absolute Gasteiger partial charge is 0.445 e. The third-order valence-electron chi connectivity index (χ3n) is 6.06. The molecule has 0 aliphatic carbocycles. The first kappa shape index (κ1) is 22.9. The number of hydrogen-bond acceptors (Lipinski definition) is 5. The van der Waals surface area contributed by atoms with Crippen molar-refractivity contribution >= 4 is 29.3 Å². The molecule has 4 aromatic rings. The first-order valence-electron chi connectivity index (χ1n) is 11.4. The van der Waals surface area contributed by atoms with Crippen molar-refractivity contribution in [3.05, 3.63) is 137 Å². The van der Waals surface area contributed by atoms with E-state index in [1.807, 2.05) is 19.1 Å². The summed E-state index contributed by atoms with van der Waals surface area (Å²) in [5.74, 6) is -2.25. The number of rotatable bonds is 6. The second kappa shape index (κ2) is 9.43. The minimum Gasteiger partial charge on any atom is -0.445 e. The van der Waals surface area contributed by atoms with Crippen LogP contribution in [0.4, 0.5) is 5.69 Å². The Morgan fingerprint density at radius 2 is 1.25 bits per heavy atom. The van der Waals surface area contributed by atoms with Gasteiger partial charge in [-0.1, -0.05) is 84.4 Å². The summed E-state index contributed by atoms with van der Waals surface area (Å²) >= 11 is 0. The summed E-state index contributed by atoms with van der Waals surface area (Å²) in [7, 11) is 0. The van der Waals surface area contributed by atoms with Crippen LogP contribution in [0, 0.1) is 6.92 Å². The summed E-state index contributed by atoms with van der Waals surface area (Å²) in [4.78, 5) is 53.9. The van der Waals surface area contributed by atoms with Gasteiger partial charge in [0.15, 0.2) is 6.10 Å². The van der Waals surface area contributed by atoms with Gasteiger partial charge in [-0.05, 0) is 31.2 Å². The average Bonchev–Trinajstić information content (AvgIpc) is 3.17. The van der Waals surface area contributed by atoms with Crippen molar-refractivity contribution in [1.29, 1.82) is 0 Å². The zero-order valence-corrected chi connectivity index (χ0v) is 19.4. The lowest BCUT2D eigenvalue weighted by Gasteiger charge is -2.21. The molecule has 5 rings (SSSR count). The van der Waals surface area contributed by atoms with Gasteiger partial charge in [-0.3, -0.25) is 14.4 Å². The van der Waals surface area contributed by atoms with E-state index >= 15 is 0 Å². The Labute approximate surface area is 207 Å². The summed E-state index contributed by atoms with van der Waals surface area (Å²) in [6.07, 6.45) is -1.21. The average molecular weight is 476 g/mol. The Hall–Kier alpha value is -4.84. The molecule has 36 heavy (non-hydrogen) atoms. The molecule has 0 saturated carbocycles. The molecule has 6 nitrogen and oxygen atoms in total. The number of ketones is 1. The molecule has 0 fully saturated rings. The van der Waals surface area contributed by atoms with Crippen LogP contribution in [0.5, 0.6) is 0 Å². The second-order valence-electron chi connectivity index (χ2n) is 8.43. The quantitative estimate of drug-likeness (QED) is 0.207. The molecule has 0 radical (unpaired) electrons. The number of carbonyl (C=O) groups is 4. The van der Waals surface area contributed by atoms with Gasteiger partial charge in [0.05, 0.1) is 22.4 Å². The highest BCUT2D eigenvalue weighted by Crippen LogP contribution is 2.32. The molecule has 4 aromatic carbocycles. The number of amides is 2. The van der Waals surface area contributed by atoms with Gasteiger partial charge in [0.25, 0.3) is 11.8 Å². The predicted octanol–water partition coefficient (Wildman–Crippen LogP) is 5.58. The molecule has 0 spiro atoms. The maximum Gasteiger partial charge on any atom is 0.341 e. The standard InChI is InChI=1S/C30H21NO5/c1-19-15-17-20(18-16-19)26(32)27(21-9-3-2-4-10-21)36-30(35)24-13-7-8-14-25(24)31-28(33)22-11-5-6-12-23(22)29(31)34/h2-18,27H,1H3. The molecule has 6 heteroatoms. The third kappa shape index (κ3) is 4.09. The van der Waals surface area contributed by atoms with Gasteiger partial charge >= 0.3 is 5.97 Å². The molecule has 0 aromatic heterocycles. The van der Waals surface area contributed by atoms with Crippen LogP contribution in [0.25, 0.3) is 0 Å². The summed E-state index contributed by atoms with van der Waals surface area (Å²) < 4.78 is 5.78. The molecule has 0 bridgehead atoms. The number of fused-ring (bicyclic) bond motifs is 1. The summed E-state index contributed by atoms with van der Waals surface area (Å²) in [5.41, 5.74) is 2.54. The van der Waals surface area contributed by atoms with Gasteiger partial charge < -0.3 is 4.74 Å². The van der Waals surface area contributed by atoms with E-state index in [0.717, 1.165) is 10.5 Å². The lowest BCUT2D eigenvalue weighted by Crippen LogP contribution is -2.31. The SMILES string of the molecule is Cc1ccc(C(=O)C(OC(=O)c2ccccc2N2C(=O)c3ccccc3C2=O)c2ccccc2)cc1. The van der Waals surface area contributed by atoms with Crippen LogP contribution in [0.2, 0.25) is 0 Å². The minimum absolute atomic E-state index is 0.00430. The van der Waals surface area contributed by atoms with E-state index in [9.17, 15) is 19.2 Å². The highest BCUT2D eigenvalue weighted by atomic mass is 16.5. The highest BCUT2D eigenvalue weighted by molar-refractivity contribution is 6.35. The molecule has 176 valence electrons. The number of aryl methyl sites for hydroxylation is 1. The molecule has 0 saturated heterocycles. The highest BCUT2D eigenvalue weighted by Gasteiger charge is 2.38. The number of para-hydroxylation sites is 1. The number of anilines is 1. The van der Waals surface area contributed by atoms with E-state index in [1.54, 1.807) is 78.9 Å². The molecule has 1 heterocycles. The van der Waals surface area contributed by atoms with Crippen molar-refractivity contribution < 1.29 is 23.9 Å². The zero-order valence-electron chi connectivity index (χ0n) is 19.4. The molecule has 1 atom stereocenters. The van der Waals surface area contributed by atoms with Crippen LogP contribution in [0.15, 0.2) is 103 Å². The fraction of sp³-hybridized carbons (Fsp3) is 0.0667. The van der Waals surface area contributed by atoms with Gasteiger partial charge in [-0.25, -0.2) is 9.69 Å². The van der Waals surface area contributed by atoms with E-state index in [1.165, 1.54) is 12.1 Å². The number of carbonyl (C=O) groups excluding carboxylic acids is 4. The van der Waals surface area contributed by atoms with E-state index in [2.05, 4.69) is 0 Å². The minimum atomic E-state index is -1.21. The maximum atomic E-state index is 13.5. The first-order chi connectivity index (χ1) is 17.5. The number of nitrogens with zero attached hydrogens (tertiary/aromatic N) is 1. The third-order valence-corrected chi connectivity index (χ3v) is 6.06. The maximum absolute atomic E-state index is 13.5. The normalized spacial score (nSPS) is 13.3. The van der Waals surface area contributed by atoms with Crippen molar-refractivity contribution in [3.8, 4) is 0 Å². The number of imide groups is 1. The molecule has 1 aliphatic heterocycles. The molecule has 1 aliphatic rings. The van der Waals surface area contributed by atoms with Crippen LogP contribution in [-0.4, -0.2) is 23.6 Å². The topological polar surface area (TPSA) is 80.8 Å². The van der Waals surface area contributed by atoms with Gasteiger partial charge in [0.2, 0.25) is 5.78 Å². The first-order valence-corrected chi connectivity index (χ1v) is 11.4. The molecule has 1 unspecified atom stereocenters. The monoisotopic (exact) mass is 475 g/mol. The number of esters is 1. The number of benzene rings is 4. The lowest BCUT2D eigenvalue weighted by atomic mass is 9.99. The summed E-state index contributed by atoms with van der Waals surface area (Å²) in [6, 6.07) is 28.4. The van der Waals surface area contributed by atoms with E-state index in [0.29, 0.717) is 11.1 Å². The smallest absolute Gasteiger partial charge is 0.341 e. The van der Waals surface area contributed by atoms with Crippen LogP contribution in [0.3, 0.4) is 0 Å². The number of hydrogen-bond donors (Lipinski definition) is 0. The Balaban J connectivity index is 1.50. The molecule has 2 amide bonds. The lowest BCUT2D eigenvalue weighted by molar-refractivity contribution is 0.0281. The van der Waals surface area contributed by atoms with E-state index in [-0.39, 0.29) is 28.2 Å². The van der Waals surface area contributed by atoms with Gasteiger partial charge in [0.1, 0.15) is 0 Å². The number of Topliss-reactive ketones (excluding diaryl/α,β-unsaturated/α-hetero) is 1.